The third kappa shape index (κ3) is 4.75. The number of methoxy groups -OCH3 is 1. The Morgan fingerprint density at radius 1 is 1.18 bits per heavy atom. The van der Waals surface area contributed by atoms with Crippen molar-refractivity contribution < 1.29 is 31.9 Å². The van der Waals surface area contributed by atoms with Crippen LogP contribution in [-0.4, -0.2) is 36.2 Å². The summed E-state index contributed by atoms with van der Waals surface area (Å²) in [6, 6.07) is 6.38. The zero-order valence-electron chi connectivity index (χ0n) is 18.4. The number of alkyl halides is 3. The second kappa shape index (κ2) is 9.43. The van der Waals surface area contributed by atoms with Crippen molar-refractivity contribution in [2.24, 2.45) is 0 Å². The number of aryl methyl sites for hydroxylation is 2. The van der Waals surface area contributed by atoms with Crippen LogP contribution >= 0.6 is 11.3 Å². The first kappa shape index (κ1) is 23.7. The first-order valence-electron chi connectivity index (χ1n) is 10.1. The number of thiophene rings is 1. The van der Waals surface area contributed by atoms with Crippen LogP contribution in [0.4, 0.5) is 18.9 Å². The highest BCUT2D eigenvalue weighted by Crippen LogP contribution is 2.37. The normalized spacial score (nSPS) is 11.7. The number of hydrogen-bond acceptors (Lipinski definition) is 7. The molecule has 34 heavy (non-hydrogen) atoms. The van der Waals surface area contributed by atoms with Gasteiger partial charge in [0.2, 0.25) is 0 Å². The van der Waals surface area contributed by atoms with Crippen molar-refractivity contribution in [3.63, 3.8) is 0 Å². The molecular weight excluding hydrogens is 471 g/mol. The van der Waals surface area contributed by atoms with E-state index in [1.54, 1.807) is 26.0 Å². The minimum absolute atomic E-state index is 0.0909. The molecular formula is C23H20F3N3O4S. The fourth-order valence-electron chi connectivity index (χ4n) is 3.42. The number of rotatable bonds is 7. The van der Waals surface area contributed by atoms with Crippen LogP contribution in [0.1, 0.15) is 26.5 Å². The molecule has 0 unspecified atom stereocenters. The summed E-state index contributed by atoms with van der Waals surface area (Å²) in [7, 11) is 1.48. The third-order valence-electron chi connectivity index (χ3n) is 5.02. The molecule has 0 aliphatic rings. The third-order valence-corrected chi connectivity index (χ3v) is 6.20. The number of carbonyl (C=O) groups is 1. The lowest BCUT2D eigenvalue weighted by Gasteiger charge is -2.15. The number of hydrogen-bond donors (Lipinski definition) is 1. The van der Waals surface area contributed by atoms with Gasteiger partial charge >= 0.3 is 6.18 Å². The Hall–Kier alpha value is -3.44. The quantitative estimate of drug-likeness (QED) is 0.326. The Kier molecular flexibility index (Phi) is 6.58. The smallest absolute Gasteiger partial charge is 0.416 e. The highest BCUT2D eigenvalue weighted by Gasteiger charge is 2.32. The number of carbonyl (C=O) groups excluding carboxylic acids is 1. The minimum atomic E-state index is -4.58. The van der Waals surface area contributed by atoms with E-state index < -0.39 is 17.6 Å². The van der Waals surface area contributed by atoms with Crippen LogP contribution in [0.25, 0.3) is 21.8 Å². The van der Waals surface area contributed by atoms with E-state index in [9.17, 15) is 18.0 Å². The molecule has 1 amide bonds. The summed E-state index contributed by atoms with van der Waals surface area (Å²) in [5.41, 5.74) is 0.299. The van der Waals surface area contributed by atoms with Crippen LogP contribution in [0, 0.1) is 13.8 Å². The Morgan fingerprint density at radius 2 is 1.97 bits per heavy atom. The summed E-state index contributed by atoms with van der Waals surface area (Å²) >= 11 is 1.13. The molecule has 0 bridgehead atoms. The lowest BCUT2D eigenvalue weighted by atomic mass is 10.1. The van der Waals surface area contributed by atoms with Gasteiger partial charge in [-0.05, 0) is 49.7 Å². The van der Waals surface area contributed by atoms with Gasteiger partial charge in [0.1, 0.15) is 17.2 Å². The summed E-state index contributed by atoms with van der Waals surface area (Å²) in [5.74, 6) is 0.405. The summed E-state index contributed by atoms with van der Waals surface area (Å²) in [6.45, 7) is 3.89. The summed E-state index contributed by atoms with van der Waals surface area (Å²) in [6.07, 6.45) is -3.06. The van der Waals surface area contributed by atoms with Gasteiger partial charge in [0.15, 0.2) is 11.6 Å². The molecule has 178 valence electrons. The largest absolute Gasteiger partial charge is 0.489 e. The molecule has 0 fully saturated rings. The number of ether oxygens (including phenoxy) is 2. The van der Waals surface area contributed by atoms with Crippen LogP contribution in [0.15, 0.2) is 41.0 Å². The molecule has 0 radical (unpaired) electrons. The van der Waals surface area contributed by atoms with Gasteiger partial charge in [-0.1, -0.05) is 0 Å². The van der Waals surface area contributed by atoms with E-state index in [-0.39, 0.29) is 24.7 Å². The topological polar surface area (TPSA) is 86.5 Å². The van der Waals surface area contributed by atoms with Gasteiger partial charge in [-0.2, -0.15) is 13.2 Å². The molecule has 4 aromatic rings. The van der Waals surface area contributed by atoms with Crippen molar-refractivity contribution in [1.29, 1.82) is 0 Å². The molecule has 0 aliphatic heterocycles. The number of benzene rings is 1. The number of halogens is 3. The van der Waals surface area contributed by atoms with Gasteiger partial charge < -0.3 is 19.2 Å². The van der Waals surface area contributed by atoms with Crippen molar-refractivity contribution in [3.8, 4) is 17.3 Å². The molecule has 3 aromatic heterocycles. The Morgan fingerprint density at radius 3 is 2.65 bits per heavy atom. The molecule has 7 nitrogen and oxygen atoms in total. The molecule has 11 heteroatoms. The van der Waals surface area contributed by atoms with E-state index in [2.05, 4.69) is 15.3 Å². The summed E-state index contributed by atoms with van der Waals surface area (Å²) in [4.78, 5) is 23.0. The highest BCUT2D eigenvalue weighted by atomic mass is 32.1. The fraction of sp³-hybridized carbons (Fsp3) is 0.261. The van der Waals surface area contributed by atoms with Crippen molar-refractivity contribution in [1.82, 2.24) is 9.97 Å². The van der Waals surface area contributed by atoms with Gasteiger partial charge in [0, 0.05) is 12.5 Å². The van der Waals surface area contributed by atoms with Crippen molar-refractivity contribution in [2.45, 2.75) is 20.0 Å². The predicted molar refractivity (Wildman–Crippen MR) is 121 cm³/mol. The van der Waals surface area contributed by atoms with Crippen LogP contribution in [0.2, 0.25) is 0 Å². The summed E-state index contributed by atoms with van der Waals surface area (Å²) < 4.78 is 55.6. The summed E-state index contributed by atoms with van der Waals surface area (Å²) in [5, 5.41) is 3.28. The predicted octanol–water partition coefficient (Wildman–Crippen LogP) is 5.86. The van der Waals surface area contributed by atoms with Crippen LogP contribution in [-0.2, 0) is 10.9 Å². The van der Waals surface area contributed by atoms with E-state index >= 15 is 0 Å². The Bertz CT molecular complexity index is 1330. The number of amides is 1. The number of furan rings is 1. The van der Waals surface area contributed by atoms with E-state index in [1.807, 2.05) is 0 Å². The maximum atomic E-state index is 13.3. The molecule has 0 atom stereocenters. The number of nitrogens with zero attached hydrogens (tertiary/aromatic N) is 2. The Labute approximate surface area is 196 Å². The Balaban J connectivity index is 1.70. The lowest BCUT2D eigenvalue weighted by Crippen LogP contribution is -2.15. The van der Waals surface area contributed by atoms with Crippen molar-refractivity contribution >= 4 is 33.1 Å². The fourth-order valence-corrected chi connectivity index (χ4v) is 4.54. The van der Waals surface area contributed by atoms with Crippen molar-refractivity contribution in [2.75, 3.05) is 25.6 Å². The SMILES string of the molecule is COCCOc1ccc(C(F)(F)F)cc1NC(=O)c1sc2nc(-c3ccco3)nc(C)c2c1C. The molecule has 0 aliphatic carbocycles. The standard InChI is InChI=1S/C23H20F3N3O4S/c1-12-18-13(2)27-20(17-5-4-8-32-17)29-22(18)34-19(12)21(30)28-15-11-14(23(24,25)26)6-7-16(15)33-10-9-31-3/h4-8,11H,9-10H2,1-3H3,(H,28,30). The van der Waals surface area contributed by atoms with Crippen LogP contribution < -0.4 is 10.1 Å². The molecule has 0 spiro atoms. The van der Waals surface area contributed by atoms with Gasteiger partial charge in [-0.25, -0.2) is 9.97 Å². The first-order valence-corrected chi connectivity index (χ1v) is 11.0. The zero-order chi connectivity index (χ0) is 24.5. The average Bonchev–Trinajstić information content (AvgIpc) is 3.42. The number of aromatic nitrogens is 2. The minimum Gasteiger partial charge on any atom is -0.489 e. The van der Waals surface area contributed by atoms with E-state index in [4.69, 9.17) is 13.9 Å². The molecule has 3 heterocycles. The van der Waals surface area contributed by atoms with Crippen molar-refractivity contribution in [3.05, 3.63) is 58.3 Å². The van der Waals surface area contributed by atoms with Gasteiger partial charge in [-0.15, -0.1) is 11.3 Å². The van der Waals surface area contributed by atoms with Gasteiger partial charge in [0.05, 0.1) is 34.7 Å². The molecule has 0 saturated carbocycles. The highest BCUT2D eigenvalue weighted by molar-refractivity contribution is 7.20. The van der Waals surface area contributed by atoms with E-state index in [1.165, 1.54) is 19.4 Å². The van der Waals surface area contributed by atoms with E-state index in [0.717, 1.165) is 23.5 Å². The molecule has 4 rings (SSSR count). The number of nitrogens with one attached hydrogen (secondary N) is 1. The molecule has 1 aromatic carbocycles. The van der Waals surface area contributed by atoms with Crippen LogP contribution in [0.5, 0.6) is 5.75 Å². The van der Waals surface area contributed by atoms with Crippen LogP contribution in [0.3, 0.4) is 0 Å². The average molecular weight is 491 g/mol. The van der Waals surface area contributed by atoms with Gasteiger partial charge in [-0.3, -0.25) is 4.79 Å². The molecule has 1 N–H and O–H groups in total. The first-order chi connectivity index (χ1) is 16.2. The lowest BCUT2D eigenvalue weighted by molar-refractivity contribution is -0.137. The number of fused-ring (bicyclic) bond motifs is 1. The van der Waals surface area contributed by atoms with Gasteiger partial charge in [0.25, 0.3) is 5.91 Å². The van der Waals surface area contributed by atoms with E-state index in [0.29, 0.717) is 37.9 Å². The second-order valence-electron chi connectivity index (χ2n) is 7.35. The molecule has 0 saturated heterocycles. The maximum Gasteiger partial charge on any atom is 0.416 e. The monoisotopic (exact) mass is 491 g/mol. The zero-order valence-corrected chi connectivity index (χ0v) is 19.3. The number of anilines is 1. The second-order valence-corrected chi connectivity index (χ2v) is 8.35. The maximum absolute atomic E-state index is 13.3.